The highest BCUT2D eigenvalue weighted by Gasteiger charge is 2.23. The van der Waals surface area contributed by atoms with Crippen LogP contribution in [0.2, 0.25) is 0 Å². The summed E-state index contributed by atoms with van der Waals surface area (Å²) in [7, 11) is 0. The smallest absolute Gasteiger partial charge is 0.134 e. The van der Waals surface area contributed by atoms with E-state index >= 15 is 0 Å². The maximum absolute atomic E-state index is 4.38. The van der Waals surface area contributed by atoms with Crippen LogP contribution in [0.3, 0.4) is 0 Å². The van der Waals surface area contributed by atoms with Crippen LogP contribution in [0.4, 0.5) is 0 Å². The van der Waals surface area contributed by atoms with Gasteiger partial charge in [0.05, 0.1) is 11.3 Å². The summed E-state index contributed by atoms with van der Waals surface area (Å²) in [6, 6.07) is 0.396. The zero-order valence-electron chi connectivity index (χ0n) is 10.6. The van der Waals surface area contributed by atoms with Crippen LogP contribution >= 0.6 is 23.1 Å². The van der Waals surface area contributed by atoms with Crippen LogP contribution in [0.5, 0.6) is 0 Å². The third-order valence-corrected chi connectivity index (χ3v) is 5.69. The van der Waals surface area contributed by atoms with Crippen LogP contribution < -0.4 is 5.32 Å². The van der Waals surface area contributed by atoms with E-state index in [9.17, 15) is 0 Å². The zero-order valence-corrected chi connectivity index (χ0v) is 12.2. The Kier molecular flexibility index (Phi) is 5.25. The monoisotopic (exact) mass is 271 g/mol. The summed E-state index contributed by atoms with van der Waals surface area (Å²) in [5, 5.41) is 15.3. The van der Waals surface area contributed by atoms with Crippen molar-refractivity contribution >= 4 is 23.1 Å². The minimum atomic E-state index is 0.396. The van der Waals surface area contributed by atoms with Gasteiger partial charge in [-0.15, -0.1) is 10.2 Å². The second kappa shape index (κ2) is 6.71. The van der Waals surface area contributed by atoms with Gasteiger partial charge in [0, 0.05) is 0 Å². The van der Waals surface area contributed by atoms with Crippen LogP contribution in [0.15, 0.2) is 0 Å². The van der Waals surface area contributed by atoms with Crippen molar-refractivity contribution in [1.29, 1.82) is 0 Å². The molecule has 17 heavy (non-hydrogen) atoms. The van der Waals surface area contributed by atoms with E-state index in [0.717, 1.165) is 13.0 Å². The Balaban J connectivity index is 1.99. The maximum atomic E-state index is 4.38. The molecule has 3 nitrogen and oxygen atoms in total. The molecule has 0 radical (unpaired) electrons. The van der Waals surface area contributed by atoms with Crippen LogP contribution in [-0.4, -0.2) is 22.5 Å². The van der Waals surface area contributed by atoms with Gasteiger partial charge in [0.15, 0.2) is 0 Å². The van der Waals surface area contributed by atoms with Gasteiger partial charge in [-0.3, -0.25) is 0 Å². The Morgan fingerprint density at radius 2 is 2.29 bits per heavy atom. The molecule has 2 unspecified atom stereocenters. The molecule has 1 N–H and O–H groups in total. The molecule has 1 fully saturated rings. The van der Waals surface area contributed by atoms with Gasteiger partial charge in [0.2, 0.25) is 0 Å². The summed E-state index contributed by atoms with van der Waals surface area (Å²) < 4.78 is 0. The highest BCUT2D eigenvalue weighted by molar-refractivity contribution is 7.99. The van der Waals surface area contributed by atoms with Crippen molar-refractivity contribution in [3.63, 3.8) is 0 Å². The first-order chi connectivity index (χ1) is 8.35. The molecule has 0 spiro atoms. The van der Waals surface area contributed by atoms with Gasteiger partial charge in [-0.05, 0) is 38.0 Å². The Labute approximate surface area is 112 Å². The molecule has 0 bridgehead atoms. The fourth-order valence-electron chi connectivity index (χ4n) is 2.01. The Bertz CT molecular complexity index is 334. The predicted octanol–water partition coefficient (Wildman–Crippen LogP) is 3.56. The van der Waals surface area contributed by atoms with Gasteiger partial charge < -0.3 is 5.32 Å². The fraction of sp³-hybridized carbons (Fsp3) is 0.833. The lowest BCUT2D eigenvalue weighted by Crippen LogP contribution is -2.21. The molecule has 0 saturated carbocycles. The summed E-state index contributed by atoms with van der Waals surface area (Å²) in [6.45, 7) is 5.46. The molecule has 0 aliphatic carbocycles. The molecule has 1 aliphatic rings. The van der Waals surface area contributed by atoms with Crippen molar-refractivity contribution in [3.8, 4) is 0 Å². The standard InChI is InChI=1S/C12H21N3S2/c1-3-7-13-9(4-2)11-14-15-12(17-11)10-6-5-8-16-10/h9-10,13H,3-8H2,1-2H3. The molecule has 96 valence electrons. The summed E-state index contributed by atoms with van der Waals surface area (Å²) in [5.41, 5.74) is 0. The van der Waals surface area contributed by atoms with Crippen molar-refractivity contribution in [2.45, 2.75) is 50.8 Å². The first-order valence-electron chi connectivity index (χ1n) is 6.53. The summed E-state index contributed by atoms with van der Waals surface area (Å²) >= 11 is 3.84. The summed E-state index contributed by atoms with van der Waals surface area (Å²) in [5.74, 6) is 1.28. The van der Waals surface area contributed by atoms with E-state index in [1.807, 2.05) is 23.1 Å². The first kappa shape index (κ1) is 13.3. The van der Waals surface area contributed by atoms with E-state index in [0.29, 0.717) is 11.3 Å². The molecule has 2 rings (SSSR count). The lowest BCUT2D eigenvalue weighted by Gasteiger charge is -2.12. The second-order valence-electron chi connectivity index (χ2n) is 4.40. The number of thioether (sulfide) groups is 1. The number of rotatable bonds is 6. The third kappa shape index (κ3) is 3.42. The Morgan fingerprint density at radius 1 is 1.41 bits per heavy atom. The van der Waals surface area contributed by atoms with Gasteiger partial charge in [0.1, 0.15) is 10.0 Å². The second-order valence-corrected chi connectivity index (χ2v) is 6.75. The van der Waals surface area contributed by atoms with E-state index in [-0.39, 0.29) is 0 Å². The van der Waals surface area contributed by atoms with E-state index in [1.54, 1.807) is 0 Å². The van der Waals surface area contributed by atoms with Crippen molar-refractivity contribution in [1.82, 2.24) is 15.5 Å². The molecule has 2 heterocycles. The molecule has 1 aromatic rings. The molecule has 1 saturated heterocycles. The average Bonchev–Trinajstić information content (AvgIpc) is 3.00. The largest absolute Gasteiger partial charge is 0.308 e. The Morgan fingerprint density at radius 3 is 2.94 bits per heavy atom. The number of hydrogen-bond acceptors (Lipinski definition) is 5. The SMILES string of the molecule is CCCNC(CC)c1nnc(C2CCCS2)s1. The molecule has 0 aromatic carbocycles. The van der Waals surface area contributed by atoms with Gasteiger partial charge in [-0.1, -0.05) is 25.2 Å². The molecule has 1 aliphatic heterocycles. The predicted molar refractivity (Wildman–Crippen MR) is 75.7 cm³/mol. The van der Waals surface area contributed by atoms with Gasteiger partial charge >= 0.3 is 0 Å². The summed E-state index contributed by atoms with van der Waals surface area (Å²) in [4.78, 5) is 0. The first-order valence-corrected chi connectivity index (χ1v) is 8.40. The van der Waals surface area contributed by atoms with Gasteiger partial charge in [-0.2, -0.15) is 11.8 Å². The van der Waals surface area contributed by atoms with E-state index in [2.05, 4.69) is 29.4 Å². The normalized spacial score (nSPS) is 21.9. The van der Waals surface area contributed by atoms with Crippen molar-refractivity contribution < 1.29 is 0 Å². The van der Waals surface area contributed by atoms with E-state index < -0.39 is 0 Å². The topological polar surface area (TPSA) is 37.8 Å². The highest BCUT2D eigenvalue weighted by atomic mass is 32.2. The number of hydrogen-bond donors (Lipinski definition) is 1. The highest BCUT2D eigenvalue weighted by Crippen LogP contribution is 2.41. The average molecular weight is 271 g/mol. The molecule has 2 atom stereocenters. The molecule has 0 amide bonds. The number of nitrogens with one attached hydrogen (secondary N) is 1. The van der Waals surface area contributed by atoms with Gasteiger partial charge in [-0.25, -0.2) is 0 Å². The quantitative estimate of drug-likeness (QED) is 0.858. The summed E-state index contributed by atoms with van der Waals surface area (Å²) in [6.07, 6.45) is 4.86. The van der Waals surface area contributed by atoms with Crippen molar-refractivity contribution in [2.24, 2.45) is 0 Å². The lowest BCUT2D eigenvalue weighted by molar-refractivity contribution is 0.512. The van der Waals surface area contributed by atoms with Crippen LogP contribution in [-0.2, 0) is 0 Å². The molecule has 1 aromatic heterocycles. The van der Waals surface area contributed by atoms with E-state index in [1.165, 1.54) is 35.0 Å². The van der Waals surface area contributed by atoms with Crippen LogP contribution in [0, 0.1) is 0 Å². The van der Waals surface area contributed by atoms with Crippen LogP contribution in [0.1, 0.15) is 60.8 Å². The van der Waals surface area contributed by atoms with Crippen molar-refractivity contribution in [3.05, 3.63) is 10.0 Å². The van der Waals surface area contributed by atoms with Gasteiger partial charge in [0.25, 0.3) is 0 Å². The zero-order chi connectivity index (χ0) is 12.1. The minimum Gasteiger partial charge on any atom is -0.308 e. The lowest BCUT2D eigenvalue weighted by atomic mass is 10.2. The minimum absolute atomic E-state index is 0.396. The molecule has 5 heteroatoms. The number of nitrogens with zero attached hydrogens (tertiary/aromatic N) is 2. The Hall–Kier alpha value is -0.130. The molecular weight excluding hydrogens is 250 g/mol. The van der Waals surface area contributed by atoms with Crippen molar-refractivity contribution in [2.75, 3.05) is 12.3 Å². The third-order valence-electron chi connectivity index (χ3n) is 3.01. The van der Waals surface area contributed by atoms with Crippen LogP contribution in [0.25, 0.3) is 0 Å². The fourth-order valence-corrected chi connectivity index (χ4v) is 4.52. The maximum Gasteiger partial charge on any atom is 0.134 e. The number of aromatic nitrogens is 2. The van der Waals surface area contributed by atoms with E-state index in [4.69, 9.17) is 0 Å². The molecular formula is C12H21N3S2.